The van der Waals surface area contributed by atoms with Crippen LogP contribution in [0.25, 0.3) is 10.9 Å². The van der Waals surface area contributed by atoms with E-state index in [0.29, 0.717) is 12.4 Å². The van der Waals surface area contributed by atoms with Gasteiger partial charge >= 0.3 is 0 Å². The summed E-state index contributed by atoms with van der Waals surface area (Å²) in [6.07, 6.45) is 6.98. The number of anilines is 2. The minimum Gasteiger partial charge on any atom is -0.493 e. The van der Waals surface area contributed by atoms with Crippen LogP contribution in [0, 0.1) is 0 Å². The molecule has 36 heavy (non-hydrogen) atoms. The lowest BCUT2D eigenvalue weighted by Crippen LogP contribution is -2.40. The molecule has 2 aromatic rings. The van der Waals surface area contributed by atoms with Crippen LogP contribution in [-0.4, -0.2) is 104 Å². The fourth-order valence-electron chi connectivity index (χ4n) is 5.63. The van der Waals surface area contributed by atoms with Gasteiger partial charge < -0.3 is 34.2 Å². The number of aromatic nitrogens is 2. The molecular formula is C27H42N6O3. The molecule has 0 radical (unpaired) electrons. The fraction of sp³-hybridized carbons (Fsp3) is 0.704. The molecule has 1 unspecified atom stereocenters. The highest BCUT2D eigenvalue weighted by Crippen LogP contribution is 2.38. The zero-order chi connectivity index (χ0) is 24.9. The lowest BCUT2D eigenvalue weighted by molar-refractivity contribution is 0.139. The quantitative estimate of drug-likeness (QED) is 0.553. The first-order chi connectivity index (χ1) is 17.6. The van der Waals surface area contributed by atoms with Crippen LogP contribution >= 0.6 is 0 Å². The van der Waals surface area contributed by atoms with E-state index in [0.717, 1.165) is 99.8 Å². The second-order valence-corrected chi connectivity index (χ2v) is 10.4. The molecular weight excluding hydrogens is 456 g/mol. The van der Waals surface area contributed by atoms with E-state index in [1.807, 2.05) is 17.0 Å². The summed E-state index contributed by atoms with van der Waals surface area (Å²) in [5.74, 6) is 2.93. The molecule has 9 nitrogen and oxygen atoms in total. The van der Waals surface area contributed by atoms with Gasteiger partial charge in [-0.1, -0.05) is 0 Å². The van der Waals surface area contributed by atoms with Crippen molar-refractivity contribution in [2.24, 2.45) is 0 Å². The van der Waals surface area contributed by atoms with Crippen LogP contribution in [0.2, 0.25) is 0 Å². The molecule has 0 saturated carbocycles. The summed E-state index contributed by atoms with van der Waals surface area (Å²) in [6, 6.07) is 3.99. The lowest BCUT2D eigenvalue weighted by atomic mass is 10.1. The molecule has 1 aromatic heterocycles. The fourth-order valence-corrected chi connectivity index (χ4v) is 5.63. The van der Waals surface area contributed by atoms with Crippen molar-refractivity contribution in [3.63, 3.8) is 0 Å². The van der Waals surface area contributed by atoms with Crippen LogP contribution in [0.5, 0.6) is 11.5 Å². The van der Waals surface area contributed by atoms with Crippen molar-refractivity contribution < 1.29 is 14.6 Å². The third-order valence-corrected chi connectivity index (χ3v) is 7.77. The van der Waals surface area contributed by atoms with Crippen molar-refractivity contribution >= 4 is 22.7 Å². The molecule has 3 aliphatic heterocycles. The van der Waals surface area contributed by atoms with Crippen LogP contribution in [0.3, 0.4) is 0 Å². The number of hydrogen-bond donors (Lipinski definition) is 1. The van der Waals surface area contributed by atoms with E-state index < -0.39 is 6.23 Å². The van der Waals surface area contributed by atoms with E-state index in [1.165, 1.54) is 25.9 Å². The van der Waals surface area contributed by atoms with Gasteiger partial charge in [-0.3, -0.25) is 0 Å². The third kappa shape index (κ3) is 5.79. The average molecular weight is 499 g/mol. The van der Waals surface area contributed by atoms with Crippen LogP contribution < -0.4 is 19.3 Å². The summed E-state index contributed by atoms with van der Waals surface area (Å²) in [7, 11) is 3.84. The van der Waals surface area contributed by atoms with Crippen LogP contribution in [0.15, 0.2) is 12.1 Å². The number of fused-ring (bicyclic) bond motifs is 1. The Morgan fingerprint density at radius 1 is 0.917 bits per heavy atom. The van der Waals surface area contributed by atoms with Gasteiger partial charge in [0.2, 0.25) is 5.95 Å². The average Bonchev–Trinajstić information content (AvgIpc) is 3.32. The number of likely N-dealkylation sites (tertiary alicyclic amines) is 1. The Labute approximate surface area is 215 Å². The van der Waals surface area contributed by atoms with Gasteiger partial charge in [0.25, 0.3) is 0 Å². The second kappa shape index (κ2) is 11.8. The largest absolute Gasteiger partial charge is 0.493 e. The molecule has 4 heterocycles. The Hall–Kier alpha value is -2.36. The van der Waals surface area contributed by atoms with Crippen LogP contribution in [0.4, 0.5) is 11.8 Å². The van der Waals surface area contributed by atoms with Gasteiger partial charge in [0.15, 0.2) is 11.5 Å². The van der Waals surface area contributed by atoms with Gasteiger partial charge in [-0.2, -0.15) is 4.98 Å². The van der Waals surface area contributed by atoms with Crippen molar-refractivity contribution in [2.45, 2.75) is 51.2 Å². The van der Waals surface area contributed by atoms with Crippen molar-refractivity contribution in [2.75, 3.05) is 82.9 Å². The molecule has 5 rings (SSSR count). The highest BCUT2D eigenvalue weighted by molar-refractivity contribution is 5.93. The molecule has 3 aliphatic rings. The van der Waals surface area contributed by atoms with E-state index in [4.69, 9.17) is 19.4 Å². The number of hydrogen-bond acceptors (Lipinski definition) is 9. The summed E-state index contributed by atoms with van der Waals surface area (Å²) in [5, 5.41) is 11.8. The summed E-state index contributed by atoms with van der Waals surface area (Å²) in [6.45, 7) is 8.79. The topological polar surface area (TPSA) is 77.4 Å². The number of aliphatic hydroxyl groups is 1. The van der Waals surface area contributed by atoms with Gasteiger partial charge in [-0.05, 0) is 77.7 Å². The van der Waals surface area contributed by atoms with Crippen molar-refractivity contribution in [3.8, 4) is 11.5 Å². The van der Waals surface area contributed by atoms with Gasteiger partial charge in [-0.25, -0.2) is 4.98 Å². The number of ether oxygens (including phenoxy) is 2. The first kappa shape index (κ1) is 25.3. The highest BCUT2D eigenvalue weighted by atomic mass is 16.5. The van der Waals surface area contributed by atoms with E-state index in [-0.39, 0.29) is 0 Å². The first-order valence-corrected chi connectivity index (χ1v) is 13.8. The minimum atomic E-state index is -0.535. The van der Waals surface area contributed by atoms with Crippen molar-refractivity contribution in [1.29, 1.82) is 0 Å². The maximum Gasteiger partial charge on any atom is 0.227 e. The molecule has 3 fully saturated rings. The Kier molecular flexibility index (Phi) is 8.29. The zero-order valence-electron chi connectivity index (χ0n) is 22.0. The normalized spacial score (nSPS) is 22.2. The summed E-state index contributed by atoms with van der Waals surface area (Å²) < 4.78 is 12.0. The third-order valence-electron chi connectivity index (χ3n) is 7.77. The number of likely N-dealkylation sites (N-methyl/N-ethyl adjacent to an activating group) is 1. The number of nitrogens with zero attached hydrogens (tertiary/aromatic N) is 6. The zero-order valence-corrected chi connectivity index (χ0v) is 22.0. The van der Waals surface area contributed by atoms with E-state index in [9.17, 15) is 5.11 Å². The van der Waals surface area contributed by atoms with E-state index in [1.54, 1.807) is 7.11 Å². The molecule has 0 bridgehead atoms. The minimum absolute atomic E-state index is 0.535. The summed E-state index contributed by atoms with van der Waals surface area (Å²) in [5.41, 5.74) is 0.834. The Morgan fingerprint density at radius 3 is 2.56 bits per heavy atom. The standard InChI is InChI=1S/C27H42N6O3/c1-30-10-7-14-32(17-16-30)27-28-22-20-24(36-18-8-13-31-11-5-6-12-31)23(35-2)19-21(22)26(29-27)33-15-4-3-9-25(33)34/h19-20,25,34H,3-18H2,1-2H3. The molecule has 0 spiro atoms. The van der Waals surface area contributed by atoms with Gasteiger partial charge in [0.1, 0.15) is 12.0 Å². The molecule has 198 valence electrons. The maximum absolute atomic E-state index is 10.9. The number of aliphatic hydroxyl groups excluding tert-OH is 1. The summed E-state index contributed by atoms with van der Waals surface area (Å²) >= 11 is 0. The predicted octanol–water partition coefficient (Wildman–Crippen LogP) is 2.95. The Morgan fingerprint density at radius 2 is 1.75 bits per heavy atom. The smallest absolute Gasteiger partial charge is 0.227 e. The Bertz CT molecular complexity index is 1010. The maximum atomic E-state index is 10.9. The molecule has 0 amide bonds. The molecule has 1 atom stereocenters. The molecule has 1 N–H and O–H groups in total. The molecule has 3 saturated heterocycles. The Balaban J connectivity index is 1.46. The SMILES string of the molecule is COc1cc2c(N3CCCCC3O)nc(N3CCCN(C)CC3)nc2cc1OCCCN1CCCC1. The van der Waals surface area contributed by atoms with Crippen LogP contribution in [-0.2, 0) is 0 Å². The summed E-state index contributed by atoms with van der Waals surface area (Å²) in [4.78, 5) is 19.3. The van der Waals surface area contributed by atoms with Gasteiger partial charge in [-0.15, -0.1) is 0 Å². The number of piperidine rings is 1. The number of rotatable bonds is 8. The lowest BCUT2D eigenvalue weighted by Gasteiger charge is -2.34. The van der Waals surface area contributed by atoms with E-state index in [2.05, 4.69) is 21.7 Å². The highest BCUT2D eigenvalue weighted by Gasteiger charge is 2.26. The first-order valence-electron chi connectivity index (χ1n) is 13.8. The van der Waals surface area contributed by atoms with Crippen molar-refractivity contribution in [1.82, 2.24) is 19.8 Å². The molecule has 9 heteroatoms. The number of methoxy groups -OCH3 is 1. The van der Waals surface area contributed by atoms with E-state index >= 15 is 0 Å². The number of benzene rings is 1. The van der Waals surface area contributed by atoms with Gasteiger partial charge in [0.05, 0.1) is 19.2 Å². The monoisotopic (exact) mass is 498 g/mol. The second-order valence-electron chi connectivity index (χ2n) is 10.4. The molecule has 1 aromatic carbocycles. The molecule has 0 aliphatic carbocycles. The van der Waals surface area contributed by atoms with Gasteiger partial charge in [0, 0.05) is 44.2 Å². The van der Waals surface area contributed by atoms with Crippen LogP contribution in [0.1, 0.15) is 44.9 Å². The predicted molar refractivity (Wildman–Crippen MR) is 143 cm³/mol. The van der Waals surface area contributed by atoms with Crippen molar-refractivity contribution in [3.05, 3.63) is 12.1 Å².